The molecule has 0 aliphatic carbocycles. The molecular weight excluding hydrogens is 366 g/mol. The molecule has 2 heterocycles. The lowest BCUT2D eigenvalue weighted by molar-refractivity contribution is 0.0941. The van der Waals surface area contributed by atoms with Gasteiger partial charge in [-0.05, 0) is 42.7 Å². The van der Waals surface area contributed by atoms with Gasteiger partial charge in [-0.3, -0.25) is 4.79 Å². The molecule has 1 fully saturated rings. The molecule has 0 bridgehead atoms. The van der Waals surface area contributed by atoms with E-state index in [1.165, 1.54) is 0 Å². The quantitative estimate of drug-likeness (QED) is 0.748. The summed E-state index contributed by atoms with van der Waals surface area (Å²) in [6.45, 7) is 0.659. The van der Waals surface area contributed by atoms with Crippen LogP contribution in [0.4, 0.5) is 5.82 Å². The maximum absolute atomic E-state index is 12.4. The molecule has 1 amide bonds. The fourth-order valence-corrected chi connectivity index (χ4v) is 4.68. The minimum Gasteiger partial charge on any atom is -0.497 e. The predicted octanol–water partition coefficient (Wildman–Crippen LogP) is 1.66. The summed E-state index contributed by atoms with van der Waals surface area (Å²) in [4.78, 5) is 16.6. The molecule has 1 aliphatic rings. The zero-order valence-electron chi connectivity index (χ0n) is 15.1. The molecule has 1 aromatic heterocycles. The molecule has 144 valence electrons. The van der Waals surface area contributed by atoms with Crippen LogP contribution in [0.25, 0.3) is 0 Å². The second-order valence-electron chi connectivity index (χ2n) is 6.53. The number of hydrogen-bond acceptors (Lipinski definition) is 6. The Morgan fingerprint density at radius 1 is 1.30 bits per heavy atom. The monoisotopic (exact) mass is 389 g/mol. The molecule has 1 aliphatic heterocycles. The fourth-order valence-electron chi connectivity index (χ4n) is 3.01. The number of pyridine rings is 1. The van der Waals surface area contributed by atoms with Crippen LogP contribution >= 0.6 is 0 Å². The topological polar surface area (TPSA) is 97.4 Å². The van der Waals surface area contributed by atoms with Gasteiger partial charge >= 0.3 is 0 Å². The number of rotatable bonds is 7. The summed E-state index contributed by atoms with van der Waals surface area (Å²) in [5, 5.41) is 5.99. The van der Waals surface area contributed by atoms with E-state index in [4.69, 9.17) is 4.74 Å². The van der Waals surface area contributed by atoms with E-state index in [-0.39, 0.29) is 23.5 Å². The van der Waals surface area contributed by atoms with E-state index in [9.17, 15) is 13.2 Å². The van der Waals surface area contributed by atoms with Crippen LogP contribution < -0.4 is 15.4 Å². The average molecular weight is 389 g/mol. The highest BCUT2D eigenvalue weighted by Crippen LogP contribution is 2.15. The number of aromatic nitrogens is 1. The largest absolute Gasteiger partial charge is 0.497 e. The highest BCUT2D eigenvalue weighted by atomic mass is 32.2. The van der Waals surface area contributed by atoms with Crippen molar-refractivity contribution in [3.63, 3.8) is 0 Å². The number of hydrogen-bond donors (Lipinski definition) is 2. The fraction of sp³-hybridized carbons (Fsp3) is 0.368. The number of carbonyl (C=O) groups excluding carboxylic acids is 1. The van der Waals surface area contributed by atoms with Crippen molar-refractivity contribution in [1.29, 1.82) is 0 Å². The van der Waals surface area contributed by atoms with Crippen molar-refractivity contribution in [3.05, 3.63) is 53.7 Å². The minimum absolute atomic E-state index is 0.00939. The van der Waals surface area contributed by atoms with Crippen LogP contribution in [-0.4, -0.2) is 50.5 Å². The van der Waals surface area contributed by atoms with Gasteiger partial charge in [-0.1, -0.05) is 12.1 Å². The molecule has 1 atom stereocenters. The smallest absolute Gasteiger partial charge is 0.251 e. The molecule has 3 rings (SSSR count). The summed E-state index contributed by atoms with van der Waals surface area (Å²) >= 11 is 0. The van der Waals surface area contributed by atoms with Gasteiger partial charge in [-0.15, -0.1) is 0 Å². The molecule has 1 unspecified atom stereocenters. The van der Waals surface area contributed by atoms with E-state index in [1.807, 2.05) is 24.3 Å². The maximum Gasteiger partial charge on any atom is 0.251 e. The molecular formula is C19H23N3O4S. The van der Waals surface area contributed by atoms with Gasteiger partial charge in [-0.2, -0.15) is 0 Å². The van der Waals surface area contributed by atoms with Crippen molar-refractivity contribution in [1.82, 2.24) is 10.3 Å². The van der Waals surface area contributed by atoms with Crippen LogP contribution in [0.1, 0.15) is 22.3 Å². The highest BCUT2D eigenvalue weighted by molar-refractivity contribution is 7.91. The van der Waals surface area contributed by atoms with Crippen LogP contribution in [0, 0.1) is 0 Å². The Hall–Kier alpha value is -2.61. The van der Waals surface area contributed by atoms with Gasteiger partial charge in [0.25, 0.3) is 5.91 Å². The number of sulfone groups is 1. The van der Waals surface area contributed by atoms with Gasteiger partial charge in [0.15, 0.2) is 9.84 Å². The van der Waals surface area contributed by atoms with Gasteiger partial charge in [0.2, 0.25) is 0 Å². The van der Waals surface area contributed by atoms with Crippen molar-refractivity contribution in [2.45, 2.75) is 18.9 Å². The number of carbonyl (C=O) groups is 1. The van der Waals surface area contributed by atoms with Gasteiger partial charge in [0.05, 0.1) is 18.6 Å². The van der Waals surface area contributed by atoms with E-state index in [0.29, 0.717) is 24.3 Å². The van der Waals surface area contributed by atoms with Crippen molar-refractivity contribution in [2.24, 2.45) is 0 Å². The van der Waals surface area contributed by atoms with E-state index in [0.717, 1.165) is 17.7 Å². The third-order valence-electron chi connectivity index (χ3n) is 4.44. The first-order chi connectivity index (χ1) is 12.9. The Morgan fingerprint density at radius 2 is 2.15 bits per heavy atom. The number of benzene rings is 1. The standard InChI is InChI=1S/C19H23N3O4S/c1-26-17-4-2-3-14(11-17)5-8-20-18-12-15(6-9-21-18)19(23)22-16-7-10-27(24,25)13-16/h2-4,6,9,11-12,16H,5,7-8,10,13H2,1H3,(H,20,21)(H,22,23). The van der Waals surface area contributed by atoms with Gasteiger partial charge in [0, 0.05) is 24.3 Å². The van der Waals surface area contributed by atoms with Crippen LogP contribution in [0.3, 0.4) is 0 Å². The number of nitrogens with zero attached hydrogens (tertiary/aromatic N) is 1. The van der Waals surface area contributed by atoms with Crippen molar-refractivity contribution >= 4 is 21.6 Å². The first kappa shape index (κ1) is 19.2. The van der Waals surface area contributed by atoms with Gasteiger partial charge in [-0.25, -0.2) is 13.4 Å². The highest BCUT2D eigenvalue weighted by Gasteiger charge is 2.29. The molecule has 27 heavy (non-hydrogen) atoms. The van der Waals surface area contributed by atoms with E-state index >= 15 is 0 Å². The molecule has 2 aromatic rings. The van der Waals surface area contributed by atoms with E-state index in [2.05, 4.69) is 15.6 Å². The third-order valence-corrected chi connectivity index (χ3v) is 6.21. The Balaban J connectivity index is 1.54. The molecule has 0 radical (unpaired) electrons. The summed E-state index contributed by atoms with van der Waals surface area (Å²) in [5.41, 5.74) is 1.59. The molecule has 2 N–H and O–H groups in total. The molecule has 0 spiro atoms. The summed E-state index contributed by atoms with van der Waals surface area (Å²) in [6, 6.07) is 10.8. The lowest BCUT2D eigenvalue weighted by atomic mass is 10.1. The second kappa shape index (κ2) is 8.39. The number of methoxy groups -OCH3 is 1. The van der Waals surface area contributed by atoms with Crippen LogP contribution in [0.5, 0.6) is 5.75 Å². The summed E-state index contributed by atoms with van der Waals surface area (Å²) < 4.78 is 28.2. The Labute approximate surface area is 159 Å². The number of anilines is 1. The van der Waals surface area contributed by atoms with Crippen LogP contribution in [0.15, 0.2) is 42.6 Å². The van der Waals surface area contributed by atoms with E-state index < -0.39 is 9.84 Å². The van der Waals surface area contributed by atoms with Crippen molar-refractivity contribution in [3.8, 4) is 5.75 Å². The zero-order valence-corrected chi connectivity index (χ0v) is 16.0. The van der Waals surface area contributed by atoms with Gasteiger partial charge < -0.3 is 15.4 Å². The van der Waals surface area contributed by atoms with E-state index in [1.54, 1.807) is 25.4 Å². The van der Waals surface area contributed by atoms with Crippen LogP contribution in [0.2, 0.25) is 0 Å². The summed E-state index contributed by atoms with van der Waals surface area (Å²) in [5.74, 6) is 1.28. The lowest BCUT2D eigenvalue weighted by Gasteiger charge is -2.12. The van der Waals surface area contributed by atoms with Crippen molar-refractivity contribution < 1.29 is 17.9 Å². The molecule has 1 aromatic carbocycles. The molecule has 8 heteroatoms. The number of nitrogens with one attached hydrogen (secondary N) is 2. The zero-order chi connectivity index (χ0) is 19.3. The maximum atomic E-state index is 12.4. The normalized spacial score (nSPS) is 18.0. The molecule has 7 nitrogen and oxygen atoms in total. The second-order valence-corrected chi connectivity index (χ2v) is 8.76. The van der Waals surface area contributed by atoms with Crippen LogP contribution in [-0.2, 0) is 16.3 Å². The molecule has 0 saturated carbocycles. The average Bonchev–Trinajstić information content (AvgIpc) is 3.00. The predicted molar refractivity (Wildman–Crippen MR) is 104 cm³/mol. The Kier molecular flexibility index (Phi) is 5.95. The lowest BCUT2D eigenvalue weighted by Crippen LogP contribution is -2.35. The number of amides is 1. The van der Waals surface area contributed by atoms with Crippen molar-refractivity contribution in [2.75, 3.05) is 30.5 Å². The van der Waals surface area contributed by atoms with Gasteiger partial charge in [0.1, 0.15) is 11.6 Å². The Morgan fingerprint density at radius 3 is 2.89 bits per heavy atom. The number of ether oxygens (including phenoxy) is 1. The summed E-state index contributed by atoms with van der Waals surface area (Å²) in [7, 11) is -1.39. The molecule has 1 saturated heterocycles. The Bertz CT molecular complexity index is 915. The first-order valence-electron chi connectivity index (χ1n) is 8.79. The summed E-state index contributed by atoms with van der Waals surface area (Å²) in [6.07, 6.45) is 2.81. The third kappa shape index (κ3) is 5.43. The first-order valence-corrected chi connectivity index (χ1v) is 10.6. The SMILES string of the molecule is COc1cccc(CCNc2cc(C(=O)NC3CCS(=O)(=O)C3)ccn2)c1. The minimum atomic E-state index is -3.02.